The summed E-state index contributed by atoms with van der Waals surface area (Å²) in [7, 11) is 0. The Kier molecular flexibility index (Phi) is 7.68. The number of benzene rings is 2. The smallest absolute Gasteiger partial charge is 0.271 e. The Morgan fingerprint density at radius 1 is 0.970 bits per heavy atom. The van der Waals surface area contributed by atoms with Crippen molar-refractivity contribution in [2.75, 3.05) is 13.2 Å². The molecule has 0 bridgehead atoms. The van der Waals surface area contributed by atoms with E-state index in [2.05, 4.69) is 0 Å². The summed E-state index contributed by atoms with van der Waals surface area (Å²) in [5.41, 5.74) is 3.27. The normalized spacial score (nSPS) is 15.1. The molecule has 0 N–H and O–H groups in total. The van der Waals surface area contributed by atoms with E-state index in [9.17, 15) is 14.9 Å². The number of nitriles is 1. The lowest BCUT2D eigenvalue weighted by Gasteiger charge is -2.27. The second-order valence-electron chi connectivity index (χ2n) is 7.84. The number of hydrogen-bond acceptors (Lipinski definition) is 5. The van der Waals surface area contributed by atoms with E-state index in [1.807, 2.05) is 57.2 Å². The van der Waals surface area contributed by atoms with Gasteiger partial charge in [-0.2, -0.15) is 5.26 Å². The lowest BCUT2D eigenvalue weighted by molar-refractivity contribution is -0.141. The monoisotopic (exact) mass is 444 g/mol. The van der Waals surface area contributed by atoms with E-state index in [0.717, 1.165) is 22.4 Å². The first-order chi connectivity index (χ1) is 15.9. The van der Waals surface area contributed by atoms with Crippen molar-refractivity contribution in [3.63, 3.8) is 0 Å². The molecule has 0 saturated heterocycles. The molecule has 3 rings (SSSR count). The number of nitrogens with zero attached hydrogens (tertiary/aromatic N) is 2. The highest BCUT2D eigenvalue weighted by atomic mass is 16.5. The fraction of sp³-hybridized carbons (Fsp3) is 0.296. The maximum absolute atomic E-state index is 13.3. The van der Waals surface area contributed by atoms with Crippen LogP contribution in [0.4, 0.5) is 0 Å². The highest BCUT2D eigenvalue weighted by molar-refractivity contribution is 6.19. The maximum Gasteiger partial charge on any atom is 0.271 e. The third kappa shape index (κ3) is 5.32. The molecule has 2 amide bonds. The van der Waals surface area contributed by atoms with Crippen molar-refractivity contribution < 1.29 is 19.1 Å². The quantitative estimate of drug-likeness (QED) is 0.424. The third-order valence-electron chi connectivity index (χ3n) is 5.33. The number of rotatable bonds is 8. The molecule has 1 aliphatic heterocycles. The summed E-state index contributed by atoms with van der Waals surface area (Å²) >= 11 is 0. The van der Waals surface area contributed by atoms with Crippen LogP contribution in [0, 0.1) is 18.3 Å². The van der Waals surface area contributed by atoms with E-state index < -0.39 is 11.8 Å². The molecule has 0 atom stereocenters. The molecule has 0 aliphatic carbocycles. The number of hydrogen-bond donors (Lipinski definition) is 0. The summed E-state index contributed by atoms with van der Waals surface area (Å²) in [6.07, 6.45) is 2.56. The van der Waals surface area contributed by atoms with Crippen LogP contribution in [-0.4, -0.2) is 29.9 Å². The van der Waals surface area contributed by atoms with Crippen molar-refractivity contribution in [3.05, 3.63) is 75.9 Å². The van der Waals surface area contributed by atoms with Crippen LogP contribution in [0.5, 0.6) is 11.5 Å². The highest BCUT2D eigenvalue weighted by Gasteiger charge is 2.35. The average Bonchev–Trinajstić information content (AvgIpc) is 2.81. The Morgan fingerprint density at radius 3 is 2.33 bits per heavy atom. The lowest BCUT2D eigenvalue weighted by atomic mass is 9.93. The average molecular weight is 445 g/mol. The predicted molar refractivity (Wildman–Crippen MR) is 126 cm³/mol. The van der Waals surface area contributed by atoms with E-state index in [4.69, 9.17) is 9.47 Å². The SMILES string of the molecule is CCCOc1ccc(/C=C2/C(=O)N(Cc3ccc(C)cc3)C(=O)C(C#N)=C2C)cc1OCC. The summed E-state index contributed by atoms with van der Waals surface area (Å²) in [6.45, 7) is 8.66. The first kappa shape index (κ1) is 23.8. The van der Waals surface area contributed by atoms with Crippen LogP contribution in [0.3, 0.4) is 0 Å². The minimum absolute atomic E-state index is 0.0270. The molecule has 1 aliphatic rings. The molecule has 1 heterocycles. The van der Waals surface area contributed by atoms with Gasteiger partial charge in [0.05, 0.1) is 19.8 Å². The molecule has 0 spiro atoms. The number of imide groups is 1. The van der Waals surface area contributed by atoms with Gasteiger partial charge in [0.2, 0.25) is 0 Å². The second kappa shape index (κ2) is 10.6. The van der Waals surface area contributed by atoms with Gasteiger partial charge < -0.3 is 9.47 Å². The minimum Gasteiger partial charge on any atom is -0.490 e. The van der Waals surface area contributed by atoms with Gasteiger partial charge in [0.15, 0.2) is 11.5 Å². The van der Waals surface area contributed by atoms with Crippen LogP contribution in [0.1, 0.15) is 43.9 Å². The van der Waals surface area contributed by atoms with Gasteiger partial charge in [0.25, 0.3) is 11.8 Å². The van der Waals surface area contributed by atoms with Crippen LogP contribution in [0.15, 0.2) is 59.2 Å². The zero-order chi connectivity index (χ0) is 24.0. The molecule has 6 heteroatoms. The molecule has 2 aromatic carbocycles. The van der Waals surface area contributed by atoms with Crippen molar-refractivity contribution >= 4 is 17.9 Å². The number of carbonyl (C=O) groups excluding carboxylic acids is 2. The van der Waals surface area contributed by atoms with E-state index >= 15 is 0 Å². The van der Waals surface area contributed by atoms with Crippen LogP contribution in [0.2, 0.25) is 0 Å². The molecule has 0 aromatic heterocycles. The van der Waals surface area contributed by atoms with Crippen molar-refractivity contribution in [3.8, 4) is 17.6 Å². The molecule has 33 heavy (non-hydrogen) atoms. The molecule has 0 saturated carbocycles. The molecular weight excluding hydrogens is 416 g/mol. The highest BCUT2D eigenvalue weighted by Crippen LogP contribution is 2.32. The number of ether oxygens (including phenoxy) is 2. The number of carbonyl (C=O) groups is 2. The van der Waals surface area contributed by atoms with E-state index in [0.29, 0.717) is 41.4 Å². The molecule has 0 radical (unpaired) electrons. The van der Waals surface area contributed by atoms with Crippen molar-refractivity contribution in [1.82, 2.24) is 4.90 Å². The zero-order valence-electron chi connectivity index (χ0n) is 19.5. The fourth-order valence-corrected chi connectivity index (χ4v) is 3.53. The van der Waals surface area contributed by atoms with Gasteiger partial charge in [0.1, 0.15) is 11.6 Å². The van der Waals surface area contributed by atoms with Gasteiger partial charge in [-0.05, 0) is 62.1 Å². The van der Waals surface area contributed by atoms with Crippen LogP contribution < -0.4 is 9.47 Å². The van der Waals surface area contributed by atoms with Crippen molar-refractivity contribution in [1.29, 1.82) is 5.26 Å². The Morgan fingerprint density at radius 2 is 1.70 bits per heavy atom. The van der Waals surface area contributed by atoms with E-state index in [-0.39, 0.29) is 12.1 Å². The second-order valence-corrected chi connectivity index (χ2v) is 7.84. The standard InChI is InChI=1S/C27H28N2O4/c1-5-13-33-24-12-11-21(15-25(24)32-6-2)14-22-19(4)23(16-28)27(31)29(26(22)30)17-20-9-7-18(3)8-10-20/h7-12,14-15H,5-6,13,17H2,1-4H3/b22-14+. The summed E-state index contributed by atoms with van der Waals surface area (Å²) in [5.74, 6) is 0.215. The van der Waals surface area contributed by atoms with Gasteiger partial charge in [-0.25, -0.2) is 0 Å². The van der Waals surface area contributed by atoms with Gasteiger partial charge in [0, 0.05) is 5.57 Å². The Labute approximate surface area is 194 Å². The summed E-state index contributed by atoms with van der Waals surface area (Å²) in [4.78, 5) is 27.4. The lowest BCUT2D eigenvalue weighted by Crippen LogP contribution is -2.42. The van der Waals surface area contributed by atoms with Crippen LogP contribution in [0.25, 0.3) is 6.08 Å². The largest absolute Gasteiger partial charge is 0.490 e. The number of amides is 2. The fourth-order valence-electron chi connectivity index (χ4n) is 3.53. The van der Waals surface area contributed by atoms with Gasteiger partial charge in [-0.3, -0.25) is 14.5 Å². The first-order valence-corrected chi connectivity index (χ1v) is 11.0. The van der Waals surface area contributed by atoms with E-state index in [1.54, 1.807) is 25.1 Å². The summed E-state index contributed by atoms with van der Waals surface area (Å²) in [5, 5.41) is 9.62. The Balaban J connectivity index is 2.01. The maximum atomic E-state index is 13.3. The molecule has 2 aromatic rings. The van der Waals surface area contributed by atoms with Gasteiger partial charge in [-0.15, -0.1) is 0 Å². The Bertz CT molecular complexity index is 1150. The predicted octanol–water partition coefficient (Wildman–Crippen LogP) is 4.98. The molecule has 0 fully saturated rings. The zero-order valence-corrected chi connectivity index (χ0v) is 19.5. The van der Waals surface area contributed by atoms with Crippen molar-refractivity contribution in [2.45, 2.75) is 40.7 Å². The van der Waals surface area contributed by atoms with E-state index in [1.165, 1.54) is 0 Å². The van der Waals surface area contributed by atoms with Crippen LogP contribution >= 0.6 is 0 Å². The molecule has 0 unspecified atom stereocenters. The number of aryl methyl sites for hydroxylation is 1. The first-order valence-electron chi connectivity index (χ1n) is 11.0. The van der Waals surface area contributed by atoms with Gasteiger partial charge >= 0.3 is 0 Å². The Hall–Kier alpha value is -3.85. The minimum atomic E-state index is -0.573. The van der Waals surface area contributed by atoms with Crippen molar-refractivity contribution in [2.24, 2.45) is 0 Å². The van der Waals surface area contributed by atoms with Gasteiger partial charge in [-0.1, -0.05) is 42.8 Å². The molecule has 170 valence electrons. The summed E-state index contributed by atoms with van der Waals surface area (Å²) in [6, 6.07) is 15.0. The summed E-state index contributed by atoms with van der Waals surface area (Å²) < 4.78 is 11.5. The molecular formula is C27H28N2O4. The topological polar surface area (TPSA) is 79.6 Å². The molecule has 6 nitrogen and oxygen atoms in total. The third-order valence-corrected chi connectivity index (χ3v) is 5.33. The van der Waals surface area contributed by atoms with Crippen LogP contribution in [-0.2, 0) is 16.1 Å².